The minimum atomic E-state index is 0.247. The van der Waals surface area contributed by atoms with E-state index in [0.29, 0.717) is 0 Å². The van der Waals surface area contributed by atoms with Gasteiger partial charge in [-0.05, 0) is 36.3 Å². The zero-order valence-electron chi connectivity index (χ0n) is 10.3. The molecule has 1 fully saturated rings. The third-order valence-corrected chi connectivity index (χ3v) is 3.81. The van der Waals surface area contributed by atoms with Crippen LogP contribution in [0.3, 0.4) is 0 Å². The summed E-state index contributed by atoms with van der Waals surface area (Å²) in [7, 11) is 0. The Bertz CT molecular complexity index is 328. The summed E-state index contributed by atoms with van der Waals surface area (Å²) in [6, 6.07) is 9.04. The molecular weight excluding hydrogens is 194 g/mol. The first-order valence-corrected chi connectivity index (χ1v) is 6.67. The molecule has 0 heterocycles. The van der Waals surface area contributed by atoms with Gasteiger partial charge in [0.25, 0.3) is 0 Å². The van der Waals surface area contributed by atoms with Crippen molar-refractivity contribution >= 4 is 0 Å². The lowest BCUT2D eigenvalue weighted by Gasteiger charge is -2.29. The molecule has 1 aromatic rings. The highest BCUT2D eigenvalue weighted by Gasteiger charge is 2.23. The Labute approximate surface area is 99.0 Å². The lowest BCUT2D eigenvalue weighted by atomic mass is 9.77. The van der Waals surface area contributed by atoms with Gasteiger partial charge in [0.05, 0.1) is 0 Å². The second-order valence-electron chi connectivity index (χ2n) is 5.01. The highest BCUT2D eigenvalue weighted by atomic mass is 14.6. The quantitative estimate of drug-likeness (QED) is 0.788. The van der Waals surface area contributed by atoms with E-state index in [1.165, 1.54) is 43.2 Å². The summed E-state index contributed by atoms with van der Waals surface area (Å²) in [5.41, 5.74) is 9.23. The molecule has 1 heteroatoms. The molecule has 0 radical (unpaired) electrons. The number of unbranched alkanes of at least 4 members (excludes halogenated alkanes) is 1. The van der Waals surface area contributed by atoms with Crippen molar-refractivity contribution in [2.24, 2.45) is 5.73 Å². The second kappa shape index (κ2) is 5.49. The molecule has 1 aliphatic rings. The van der Waals surface area contributed by atoms with Gasteiger partial charge in [-0.15, -0.1) is 0 Å². The normalized spacial score (nSPS) is 18.1. The molecule has 0 bridgehead atoms. The fourth-order valence-corrected chi connectivity index (χ4v) is 2.52. The molecule has 1 nitrogen and oxygen atoms in total. The number of nitrogens with two attached hydrogens (primary N) is 1. The van der Waals surface area contributed by atoms with Gasteiger partial charge in [0.2, 0.25) is 0 Å². The summed E-state index contributed by atoms with van der Waals surface area (Å²) in [6.45, 7) is 2.23. The summed E-state index contributed by atoms with van der Waals surface area (Å²) in [4.78, 5) is 0. The van der Waals surface area contributed by atoms with Crippen molar-refractivity contribution in [1.82, 2.24) is 0 Å². The fourth-order valence-electron chi connectivity index (χ4n) is 2.52. The van der Waals surface area contributed by atoms with Gasteiger partial charge >= 0.3 is 0 Å². The molecule has 0 aliphatic heterocycles. The number of hydrogen-bond donors (Lipinski definition) is 1. The second-order valence-corrected chi connectivity index (χ2v) is 5.01. The van der Waals surface area contributed by atoms with Gasteiger partial charge < -0.3 is 5.73 Å². The van der Waals surface area contributed by atoms with Crippen molar-refractivity contribution in [2.75, 3.05) is 0 Å². The van der Waals surface area contributed by atoms with Crippen molar-refractivity contribution in [3.63, 3.8) is 0 Å². The van der Waals surface area contributed by atoms with E-state index >= 15 is 0 Å². The van der Waals surface area contributed by atoms with Gasteiger partial charge in [-0.3, -0.25) is 0 Å². The first-order valence-electron chi connectivity index (χ1n) is 6.67. The molecule has 88 valence electrons. The van der Waals surface area contributed by atoms with Crippen LogP contribution in [0, 0.1) is 0 Å². The van der Waals surface area contributed by atoms with E-state index in [4.69, 9.17) is 5.73 Å². The van der Waals surface area contributed by atoms with Crippen molar-refractivity contribution < 1.29 is 0 Å². The Hall–Kier alpha value is -0.820. The molecule has 1 unspecified atom stereocenters. The van der Waals surface area contributed by atoms with Crippen molar-refractivity contribution in [3.8, 4) is 0 Å². The Morgan fingerprint density at radius 1 is 1.31 bits per heavy atom. The number of rotatable bonds is 5. The maximum Gasteiger partial charge on any atom is 0.0297 e. The Balaban J connectivity index is 2.11. The molecule has 1 aliphatic carbocycles. The monoisotopic (exact) mass is 217 g/mol. The topological polar surface area (TPSA) is 26.0 Å². The summed E-state index contributed by atoms with van der Waals surface area (Å²) in [5.74, 6) is 0.795. The largest absolute Gasteiger partial charge is 0.324 e. The Morgan fingerprint density at radius 2 is 2.06 bits per heavy atom. The minimum Gasteiger partial charge on any atom is -0.324 e. The van der Waals surface area contributed by atoms with Crippen LogP contribution in [0.2, 0.25) is 0 Å². The fraction of sp³-hybridized carbons (Fsp3) is 0.600. The highest BCUT2D eigenvalue weighted by molar-refractivity contribution is 5.33. The molecule has 0 spiro atoms. The lowest BCUT2D eigenvalue weighted by Crippen LogP contribution is -2.17. The van der Waals surface area contributed by atoms with Crippen molar-refractivity contribution in [3.05, 3.63) is 35.4 Å². The van der Waals surface area contributed by atoms with Gasteiger partial charge in [0, 0.05) is 6.04 Å². The average Bonchev–Trinajstić information content (AvgIpc) is 2.24. The summed E-state index contributed by atoms with van der Waals surface area (Å²) in [6.07, 6.45) is 7.71. The van der Waals surface area contributed by atoms with Gasteiger partial charge in [0.1, 0.15) is 0 Å². The zero-order chi connectivity index (χ0) is 11.4. The lowest BCUT2D eigenvalue weighted by molar-refractivity contribution is 0.414. The maximum atomic E-state index is 6.30. The summed E-state index contributed by atoms with van der Waals surface area (Å²) < 4.78 is 0. The van der Waals surface area contributed by atoms with E-state index in [1.807, 2.05) is 0 Å². The summed E-state index contributed by atoms with van der Waals surface area (Å²) in [5, 5.41) is 0. The first-order chi connectivity index (χ1) is 7.83. The molecule has 0 aromatic heterocycles. The van der Waals surface area contributed by atoms with Crippen LogP contribution < -0.4 is 5.73 Å². The van der Waals surface area contributed by atoms with Crippen LogP contribution in [0.1, 0.15) is 68.5 Å². The van der Waals surface area contributed by atoms with Gasteiger partial charge in [0.15, 0.2) is 0 Å². The summed E-state index contributed by atoms with van der Waals surface area (Å²) >= 11 is 0. The third kappa shape index (κ3) is 2.46. The Morgan fingerprint density at radius 3 is 2.69 bits per heavy atom. The SMILES string of the molecule is CCCCC(N)c1ccccc1C1CCC1. The number of hydrogen-bond acceptors (Lipinski definition) is 1. The predicted molar refractivity (Wildman–Crippen MR) is 69.5 cm³/mol. The number of benzene rings is 1. The van der Waals surface area contributed by atoms with Gasteiger partial charge in [-0.25, -0.2) is 0 Å². The molecule has 16 heavy (non-hydrogen) atoms. The highest BCUT2D eigenvalue weighted by Crippen LogP contribution is 2.39. The van der Waals surface area contributed by atoms with Crippen LogP contribution >= 0.6 is 0 Å². The van der Waals surface area contributed by atoms with Crippen LogP contribution in [0.4, 0.5) is 0 Å². The smallest absolute Gasteiger partial charge is 0.0297 e. The van der Waals surface area contributed by atoms with Crippen LogP contribution in [-0.4, -0.2) is 0 Å². The predicted octanol–water partition coefficient (Wildman–Crippen LogP) is 4.14. The van der Waals surface area contributed by atoms with Crippen LogP contribution in [0.25, 0.3) is 0 Å². The van der Waals surface area contributed by atoms with E-state index in [0.717, 1.165) is 12.3 Å². The van der Waals surface area contributed by atoms with Crippen LogP contribution in [-0.2, 0) is 0 Å². The molecule has 1 saturated carbocycles. The molecule has 0 saturated heterocycles. The van der Waals surface area contributed by atoms with E-state index in [9.17, 15) is 0 Å². The van der Waals surface area contributed by atoms with Crippen LogP contribution in [0.5, 0.6) is 0 Å². The average molecular weight is 217 g/mol. The van der Waals surface area contributed by atoms with Crippen LogP contribution in [0.15, 0.2) is 24.3 Å². The minimum absolute atomic E-state index is 0.247. The van der Waals surface area contributed by atoms with Crippen molar-refractivity contribution in [1.29, 1.82) is 0 Å². The van der Waals surface area contributed by atoms with E-state index < -0.39 is 0 Å². The van der Waals surface area contributed by atoms with E-state index in [1.54, 1.807) is 0 Å². The first kappa shape index (κ1) is 11.7. The molecule has 0 amide bonds. The molecular formula is C15H23N. The molecule has 2 N–H and O–H groups in total. The van der Waals surface area contributed by atoms with E-state index in [-0.39, 0.29) is 6.04 Å². The van der Waals surface area contributed by atoms with E-state index in [2.05, 4.69) is 31.2 Å². The van der Waals surface area contributed by atoms with Crippen molar-refractivity contribution in [2.45, 2.75) is 57.4 Å². The third-order valence-electron chi connectivity index (χ3n) is 3.81. The standard InChI is InChI=1S/C15H23N/c1-2-3-11-15(16)14-10-5-4-9-13(14)12-7-6-8-12/h4-5,9-10,12,15H,2-3,6-8,11,16H2,1H3. The molecule has 1 atom stereocenters. The van der Waals surface area contributed by atoms with Gasteiger partial charge in [-0.2, -0.15) is 0 Å². The molecule has 1 aromatic carbocycles. The van der Waals surface area contributed by atoms with Gasteiger partial charge in [-0.1, -0.05) is 50.5 Å². The maximum absolute atomic E-state index is 6.30. The molecule has 2 rings (SSSR count). The zero-order valence-corrected chi connectivity index (χ0v) is 10.3. The Kier molecular flexibility index (Phi) is 4.00.